The first-order valence-electron chi connectivity index (χ1n) is 6.24. The number of para-hydroxylation sites is 1. The zero-order chi connectivity index (χ0) is 14.0. The second kappa shape index (κ2) is 5.40. The third-order valence-electron chi connectivity index (χ3n) is 3.52. The predicted octanol–water partition coefficient (Wildman–Crippen LogP) is 1.77. The van der Waals surface area contributed by atoms with Gasteiger partial charge in [-0.1, -0.05) is 12.1 Å². The minimum absolute atomic E-state index is 0.0984. The van der Waals surface area contributed by atoms with Gasteiger partial charge >= 0.3 is 5.97 Å². The Morgan fingerprint density at radius 2 is 2.05 bits per heavy atom. The molecular formula is C14H17NO4. The number of hydrogen-bond acceptors (Lipinski definition) is 3. The quantitative estimate of drug-likeness (QED) is 0.902. The van der Waals surface area contributed by atoms with E-state index in [-0.39, 0.29) is 23.5 Å². The Hall–Kier alpha value is -1.88. The molecule has 0 bridgehead atoms. The Bertz CT molecular complexity index is 500. The number of carboxylic acids is 1. The van der Waals surface area contributed by atoms with Crippen LogP contribution < -0.4 is 4.90 Å². The molecule has 1 aliphatic rings. The predicted molar refractivity (Wildman–Crippen MR) is 70.3 cm³/mol. The summed E-state index contributed by atoms with van der Waals surface area (Å²) in [6.45, 7) is 2.44. The Morgan fingerprint density at radius 3 is 2.63 bits per heavy atom. The average Bonchev–Trinajstić information content (AvgIpc) is 2.83. The van der Waals surface area contributed by atoms with Gasteiger partial charge in [0.1, 0.15) is 0 Å². The first-order chi connectivity index (χ1) is 9.02. The van der Waals surface area contributed by atoms with E-state index < -0.39 is 5.97 Å². The molecule has 0 saturated carbocycles. The summed E-state index contributed by atoms with van der Waals surface area (Å²) in [6, 6.07) is 6.50. The monoisotopic (exact) mass is 263 g/mol. The van der Waals surface area contributed by atoms with E-state index in [9.17, 15) is 9.59 Å². The molecular weight excluding hydrogens is 246 g/mol. The number of carboxylic acid groups (broad SMARTS) is 1. The molecule has 2 unspecified atom stereocenters. The van der Waals surface area contributed by atoms with Gasteiger partial charge in [-0.2, -0.15) is 0 Å². The van der Waals surface area contributed by atoms with Gasteiger partial charge in [0, 0.05) is 13.7 Å². The lowest BCUT2D eigenvalue weighted by molar-refractivity contribution is -0.123. The average molecular weight is 263 g/mol. The molecule has 0 spiro atoms. The molecule has 1 aromatic carbocycles. The SMILES string of the molecule is CC1OCCC1C(=O)N(C)c1ccccc1C(=O)O. The summed E-state index contributed by atoms with van der Waals surface area (Å²) in [5.41, 5.74) is 0.545. The van der Waals surface area contributed by atoms with Crippen LogP contribution in [0.5, 0.6) is 0 Å². The second-order valence-electron chi connectivity index (χ2n) is 4.69. The Balaban J connectivity index is 2.26. The van der Waals surface area contributed by atoms with Gasteiger partial charge < -0.3 is 14.7 Å². The van der Waals surface area contributed by atoms with Crippen molar-refractivity contribution < 1.29 is 19.4 Å². The van der Waals surface area contributed by atoms with Crippen LogP contribution in [0.1, 0.15) is 23.7 Å². The molecule has 102 valence electrons. The van der Waals surface area contributed by atoms with Crippen molar-refractivity contribution in [3.05, 3.63) is 29.8 Å². The van der Waals surface area contributed by atoms with Crippen molar-refractivity contribution in [1.82, 2.24) is 0 Å². The van der Waals surface area contributed by atoms with Crippen molar-refractivity contribution in [1.29, 1.82) is 0 Å². The van der Waals surface area contributed by atoms with E-state index in [0.29, 0.717) is 18.7 Å². The number of carbonyl (C=O) groups is 2. The zero-order valence-corrected chi connectivity index (χ0v) is 11.0. The molecule has 19 heavy (non-hydrogen) atoms. The number of ether oxygens (including phenoxy) is 1. The topological polar surface area (TPSA) is 66.8 Å². The van der Waals surface area contributed by atoms with Crippen molar-refractivity contribution in [3.63, 3.8) is 0 Å². The molecule has 0 aromatic heterocycles. The fourth-order valence-corrected chi connectivity index (χ4v) is 2.37. The highest BCUT2D eigenvalue weighted by atomic mass is 16.5. The van der Waals surface area contributed by atoms with Crippen LogP contribution in [0.3, 0.4) is 0 Å². The number of aromatic carboxylic acids is 1. The minimum atomic E-state index is -1.04. The lowest BCUT2D eigenvalue weighted by Crippen LogP contribution is -2.36. The van der Waals surface area contributed by atoms with Crippen LogP contribution in [0.2, 0.25) is 0 Å². The third-order valence-corrected chi connectivity index (χ3v) is 3.52. The van der Waals surface area contributed by atoms with Crippen molar-refractivity contribution in [2.75, 3.05) is 18.6 Å². The summed E-state index contributed by atoms with van der Waals surface area (Å²) < 4.78 is 5.39. The summed E-state index contributed by atoms with van der Waals surface area (Å²) in [6.07, 6.45) is 0.562. The van der Waals surface area contributed by atoms with Crippen LogP contribution in [-0.2, 0) is 9.53 Å². The summed E-state index contributed by atoms with van der Waals surface area (Å²) in [5.74, 6) is -1.34. The molecule has 1 aromatic rings. The van der Waals surface area contributed by atoms with Crippen LogP contribution >= 0.6 is 0 Å². The first-order valence-corrected chi connectivity index (χ1v) is 6.24. The number of anilines is 1. The lowest BCUT2D eigenvalue weighted by Gasteiger charge is -2.24. The van der Waals surface area contributed by atoms with Crippen LogP contribution in [0.4, 0.5) is 5.69 Å². The van der Waals surface area contributed by atoms with Gasteiger partial charge in [0.25, 0.3) is 0 Å². The van der Waals surface area contributed by atoms with E-state index in [1.165, 1.54) is 11.0 Å². The molecule has 1 aliphatic heterocycles. The van der Waals surface area contributed by atoms with E-state index in [1.807, 2.05) is 6.92 Å². The van der Waals surface area contributed by atoms with Crippen LogP contribution in [0.15, 0.2) is 24.3 Å². The highest BCUT2D eigenvalue weighted by Gasteiger charge is 2.33. The summed E-state index contributed by atoms with van der Waals surface area (Å²) in [7, 11) is 1.61. The molecule has 0 aliphatic carbocycles. The smallest absolute Gasteiger partial charge is 0.337 e. The standard InChI is InChI=1S/C14H17NO4/c1-9-10(7-8-19-9)13(16)15(2)12-6-4-3-5-11(12)14(17)18/h3-6,9-10H,7-8H2,1-2H3,(H,17,18). The highest BCUT2D eigenvalue weighted by Crippen LogP contribution is 2.26. The number of nitrogens with zero attached hydrogens (tertiary/aromatic N) is 1. The molecule has 1 fully saturated rings. The summed E-state index contributed by atoms with van der Waals surface area (Å²) in [4.78, 5) is 25.0. The molecule has 1 saturated heterocycles. The molecule has 2 atom stereocenters. The van der Waals surface area contributed by atoms with Crippen molar-refractivity contribution in [2.24, 2.45) is 5.92 Å². The normalized spacial score (nSPS) is 22.2. The van der Waals surface area contributed by atoms with Gasteiger partial charge in [-0.25, -0.2) is 4.79 Å². The van der Waals surface area contributed by atoms with Crippen molar-refractivity contribution in [3.8, 4) is 0 Å². The fraction of sp³-hybridized carbons (Fsp3) is 0.429. The maximum Gasteiger partial charge on any atom is 0.337 e. The third kappa shape index (κ3) is 2.61. The van der Waals surface area contributed by atoms with Gasteiger partial charge in [-0.15, -0.1) is 0 Å². The maximum absolute atomic E-state index is 12.4. The first kappa shape index (κ1) is 13.5. The minimum Gasteiger partial charge on any atom is -0.478 e. The summed E-state index contributed by atoms with van der Waals surface area (Å²) >= 11 is 0. The Kier molecular flexibility index (Phi) is 3.85. The van der Waals surface area contributed by atoms with Crippen LogP contribution in [0.25, 0.3) is 0 Å². The molecule has 5 nitrogen and oxygen atoms in total. The molecule has 1 amide bonds. The van der Waals surface area contributed by atoms with E-state index in [1.54, 1.807) is 25.2 Å². The van der Waals surface area contributed by atoms with Gasteiger partial charge in [-0.3, -0.25) is 4.79 Å². The number of hydrogen-bond donors (Lipinski definition) is 1. The molecule has 5 heteroatoms. The number of benzene rings is 1. The van der Waals surface area contributed by atoms with E-state index in [2.05, 4.69) is 0 Å². The van der Waals surface area contributed by atoms with E-state index in [0.717, 1.165) is 0 Å². The lowest BCUT2D eigenvalue weighted by atomic mass is 10.0. The van der Waals surface area contributed by atoms with E-state index >= 15 is 0 Å². The highest BCUT2D eigenvalue weighted by molar-refractivity contribution is 6.02. The fourth-order valence-electron chi connectivity index (χ4n) is 2.37. The largest absolute Gasteiger partial charge is 0.478 e. The Morgan fingerprint density at radius 1 is 1.37 bits per heavy atom. The maximum atomic E-state index is 12.4. The van der Waals surface area contributed by atoms with E-state index in [4.69, 9.17) is 9.84 Å². The molecule has 1 heterocycles. The Labute approximate surface area is 111 Å². The van der Waals surface area contributed by atoms with Crippen LogP contribution in [-0.4, -0.2) is 36.7 Å². The number of amides is 1. The zero-order valence-electron chi connectivity index (χ0n) is 11.0. The number of carbonyl (C=O) groups excluding carboxylic acids is 1. The van der Waals surface area contributed by atoms with Crippen molar-refractivity contribution in [2.45, 2.75) is 19.4 Å². The molecule has 2 rings (SSSR count). The van der Waals surface area contributed by atoms with Gasteiger partial charge in [0.15, 0.2) is 0 Å². The summed E-state index contributed by atoms with van der Waals surface area (Å²) in [5, 5.41) is 9.15. The van der Waals surface area contributed by atoms with Gasteiger partial charge in [0.2, 0.25) is 5.91 Å². The van der Waals surface area contributed by atoms with Gasteiger partial charge in [-0.05, 0) is 25.5 Å². The molecule has 0 radical (unpaired) electrons. The van der Waals surface area contributed by atoms with Gasteiger partial charge in [0.05, 0.1) is 23.3 Å². The number of rotatable bonds is 3. The second-order valence-corrected chi connectivity index (χ2v) is 4.69. The van der Waals surface area contributed by atoms with Crippen molar-refractivity contribution >= 4 is 17.6 Å². The molecule has 1 N–H and O–H groups in total. The van der Waals surface area contributed by atoms with Crippen LogP contribution in [0, 0.1) is 5.92 Å².